The molecule has 0 bridgehead atoms. The first kappa shape index (κ1) is 26.7. The number of para-hydroxylation sites is 2. The molecule has 9 nitrogen and oxygen atoms in total. The van der Waals surface area contributed by atoms with Crippen molar-refractivity contribution >= 4 is 33.1 Å². The van der Waals surface area contributed by atoms with Crippen molar-refractivity contribution in [1.29, 1.82) is 0 Å². The molecule has 5 rings (SSSR count). The van der Waals surface area contributed by atoms with Gasteiger partial charge in [0.2, 0.25) is 0 Å². The lowest BCUT2D eigenvalue weighted by Crippen LogP contribution is -2.52. The molecular weight excluding hydrogens is 518 g/mol. The molecule has 2 N–H and O–H groups in total. The van der Waals surface area contributed by atoms with Crippen LogP contribution in [0.2, 0.25) is 0 Å². The van der Waals surface area contributed by atoms with Crippen molar-refractivity contribution in [3.63, 3.8) is 0 Å². The van der Waals surface area contributed by atoms with Gasteiger partial charge in [-0.2, -0.15) is 8.42 Å². The Labute approximate surface area is 229 Å². The molecule has 0 radical (unpaired) electrons. The van der Waals surface area contributed by atoms with Crippen LogP contribution in [0, 0.1) is 0 Å². The van der Waals surface area contributed by atoms with Crippen LogP contribution in [0.4, 0.5) is 17.1 Å². The van der Waals surface area contributed by atoms with E-state index in [2.05, 4.69) is 10.6 Å². The summed E-state index contributed by atoms with van der Waals surface area (Å²) in [5, 5.41) is 6.39. The fourth-order valence-electron chi connectivity index (χ4n) is 4.94. The van der Waals surface area contributed by atoms with Crippen LogP contribution in [-0.4, -0.2) is 46.4 Å². The van der Waals surface area contributed by atoms with Gasteiger partial charge < -0.3 is 29.2 Å². The summed E-state index contributed by atoms with van der Waals surface area (Å²) >= 11 is 0. The molecule has 1 saturated carbocycles. The molecule has 39 heavy (non-hydrogen) atoms. The van der Waals surface area contributed by atoms with Crippen LogP contribution in [0.15, 0.2) is 54.6 Å². The Morgan fingerprint density at radius 1 is 1.00 bits per heavy atom. The molecule has 0 unspecified atom stereocenters. The zero-order chi connectivity index (χ0) is 27.9. The Bertz CT molecular complexity index is 1530. The second kappa shape index (κ2) is 10.00. The lowest BCUT2D eigenvalue weighted by molar-refractivity contribution is -0.121. The zero-order valence-corrected chi connectivity index (χ0v) is 23.5. The fourth-order valence-corrected chi connectivity index (χ4v) is 6.16. The lowest BCUT2D eigenvalue weighted by atomic mass is 9.91. The molecule has 1 aliphatic carbocycles. The SMILES string of the molecule is COc1ccccc1NCc1c(-c2ccc(OS(=O)(=O)C3CC3)cc2OC)ccc2c1N(C)C(=O)C(C)(C)N2. The molecule has 3 aromatic rings. The predicted octanol–water partition coefficient (Wildman–Crippen LogP) is 5.02. The van der Waals surface area contributed by atoms with Gasteiger partial charge in [-0.25, -0.2) is 0 Å². The molecule has 0 aromatic heterocycles. The Morgan fingerprint density at radius 3 is 2.38 bits per heavy atom. The number of carbonyl (C=O) groups is 1. The second-order valence-electron chi connectivity index (χ2n) is 10.3. The summed E-state index contributed by atoms with van der Waals surface area (Å²) in [6.45, 7) is 4.08. The van der Waals surface area contributed by atoms with Crippen molar-refractivity contribution in [2.75, 3.05) is 36.8 Å². The van der Waals surface area contributed by atoms with Crippen LogP contribution in [0.5, 0.6) is 17.2 Å². The van der Waals surface area contributed by atoms with Gasteiger partial charge in [-0.1, -0.05) is 18.2 Å². The molecular formula is C29H33N3O6S. The van der Waals surface area contributed by atoms with E-state index in [1.165, 1.54) is 7.11 Å². The minimum Gasteiger partial charge on any atom is -0.496 e. The van der Waals surface area contributed by atoms with Gasteiger partial charge in [0.15, 0.2) is 0 Å². The number of fused-ring (bicyclic) bond motifs is 1. The summed E-state index contributed by atoms with van der Waals surface area (Å²) in [7, 11) is 1.26. The quantitative estimate of drug-likeness (QED) is 0.357. The van der Waals surface area contributed by atoms with E-state index in [4.69, 9.17) is 13.7 Å². The molecule has 0 spiro atoms. The van der Waals surface area contributed by atoms with Crippen LogP contribution in [0.3, 0.4) is 0 Å². The van der Waals surface area contributed by atoms with Crippen molar-refractivity contribution in [3.05, 3.63) is 60.2 Å². The van der Waals surface area contributed by atoms with E-state index >= 15 is 0 Å². The van der Waals surface area contributed by atoms with E-state index in [0.29, 0.717) is 30.9 Å². The Kier molecular flexibility index (Phi) is 6.84. The third-order valence-corrected chi connectivity index (χ3v) is 8.79. The van der Waals surface area contributed by atoms with E-state index in [1.54, 1.807) is 37.3 Å². The summed E-state index contributed by atoms with van der Waals surface area (Å²) in [6, 6.07) is 16.5. The third-order valence-electron chi connectivity index (χ3n) is 7.08. The van der Waals surface area contributed by atoms with Gasteiger partial charge in [0.25, 0.3) is 5.91 Å². The first-order valence-electron chi connectivity index (χ1n) is 12.8. The fraction of sp³-hybridized carbons (Fsp3) is 0.345. The van der Waals surface area contributed by atoms with Gasteiger partial charge in [0, 0.05) is 30.8 Å². The maximum absolute atomic E-state index is 13.3. The van der Waals surface area contributed by atoms with Crippen LogP contribution >= 0.6 is 0 Å². The summed E-state index contributed by atoms with van der Waals surface area (Å²) in [4.78, 5) is 15.0. The Balaban J connectivity index is 1.61. The van der Waals surface area contributed by atoms with Gasteiger partial charge in [0.05, 0.1) is 36.5 Å². The summed E-state index contributed by atoms with van der Waals surface area (Å²) in [6.07, 6.45) is 1.23. The van der Waals surface area contributed by atoms with Crippen molar-refractivity contribution in [2.45, 2.75) is 44.0 Å². The van der Waals surface area contributed by atoms with Crippen molar-refractivity contribution in [2.24, 2.45) is 0 Å². The first-order chi connectivity index (χ1) is 18.6. The lowest BCUT2D eigenvalue weighted by Gasteiger charge is -2.40. The van der Waals surface area contributed by atoms with Gasteiger partial charge in [-0.05, 0) is 62.6 Å². The first-order valence-corrected chi connectivity index (χ1v) is 14.2. The minimum atomic E-state index is -3.66. The molecule has 206 valence electrons. The largest absolute Gasteiger partial charge is 0.496 e. The zero-order valence-electron chi connectivity index (χ0n) is 22.7. The number of hydrogen-bond acceptors (Lipinski definition) is 8. The Hall–Kier alpha value is -3.92. The monoisotopic (exact) mass is 551 g/mol. The molecule has 0 atom stereocenters. The summed E-state index contributed by atoms with van der Waals surface area (Å²) in [5.41, 5.74) is 4.04. The number of nitrogens with one attached hydrogen (secondary N) is 2. The predicted molar refractivity (Wildman–Crippen MR) is 152 cm³/mol. The van der Waals surface area contributed by atoms with E-state index < -0.39 is 20.9 Å². The summed E-state index contributed by atoms with van der Waals surface area (Å²) in [5.74, 6) is 1.29. The number of likely N-dealkylation sites (N-methyl/N-ethyl adjacent to an activating group) is 1. The number of methoxy groups -OCH3 is 2. The highest BCUT2D eigenvalue weighted by atomic mass is 32.2. The average molecular weight is 552 g/mol. The van der Waals surface area contributed by atoms with Crippen LogP contribution in [-0.2, 0) is 21.5 Å². The number of benzene rings is 3. The highest BCUT2D eigenvalue weighted by Gasteiger charge is 2.39. The number of carbonyl (C=O) groups excluding carboxylic acids is 1. The van der Waals surface area contributed by atoms with Crippen LogP contribution in [0.25, 0.3) is 11.1 Å². The maximum atomic E-state index is 13.3. The van der Waals surface area contributed by atoms with Crippen molar-refractivity contribution < 1.29 is 26.9 Å². The van der Waals surface area contributed by atoms with Crippen LogP contribution in [0.1, 0.15) is 32.3 Å². The number of rotatable bonds is 9. The number of nitrogens with zero attached hydrogens (tertiary/aromatic N) is 1. The van der Waals surface area contributed by atoms with Gasteiger partial charge in [0.1, 0.15) is 22.8 Å². The van der Waals surface area contributed by atoms with Crippen LogP contribution < -0.4 is 29.2 Å². The summed E-state index contributed by atoms with van der Waals surface area (Å²) < 4.78 is 41.4. The number of ether oxygens (including phenoxy) is 2. The van der Waals surface area contributed by atoms with Crippen molar-refractivity contribution in [1.82, 2.24) is 0 Å². The molecule has 3 aromatic carbocycles. The smallest absolute Gasteiger partial charge is 0.312 e. The molecule has 1 amide bonds. The standard InChI is InChI=1S/C29H33N3O6S/c1-29(2)28(33)32(3)27-22(17-30-23-8-6-7-9-25(23)36-4)20(14-15-24(27)31-29)21-13-10-18(16-26(21)37-5)38-39(34,35)19-11-12-19/h6-10,13-16,19,30-31H,11-12,17H2,1-5H3. The highest BCUT2D eigenvalue weighted by Crippen LogP contribution is 2.45. The number of hydrogen-bond donors (Lipinski definition) is 2. The number of amides is 1. The van der Waals surface area contributed by atoms with Gasteiger partial charge >= 0.3 is 10.1 Å². The van der Waals surface area contributed by atoms with Gasteiger partial charge in [-0.3, -0.25) is 4.79 Å². The Morgan fingerprint density at radius 2 is 1.69 bits per heavy atom. The molecule has 2 aliphatic rings. The van der Waals surface area contributed by atoms with Gasteiger partial charge in [-0.15, -0.1) is 0 Å². The molecule has 0 saturated heterocycles. The van der Waals surface area contributed by atoms with E-state index in [1.807, 2.05) is 50.2 Å². The third kappa shape index (κ3) is 5.08. The normalized spacial score (nSPS) is 16.2. The molecule has 1 fully saturated rings. The molecule has 10 heteroatoms. The average Bonchev–Trinajstić information content (AvgIpc) is 3.77. The topological polar surface area (TPSA) is 106 Å². The molecule has 1 aliphatic heterocycles. The highest BCUT2D eigenvalue weighted by molar-refractivity contribution is 7.88. The second-order valence-corrected chi connectivity index (χ2v) is 12.1. The van der Waals surface area contributed by atoms with E-state index in [9.17, 15) is 13.2 Å². The van der Waals surface area contributed by atoms with Crippen molar-refractivity contribution in [3.8, 4) is 28.4 Å². The maximum Gasteiger partial charge on any atom is 0.312 e. The van der Waals surface area contributed by atoms with E-state index in [-0.39, 0.29) is 11.7 Å². The molecule has 1 heterocycles. The minimum absolute atomic E-state index is 0.0633. The number of anilines is 3. The van der Waals surface area contributed by atoms with E-state index in [0.717, 1.165) is 33.8 Å².